The lowest BCUT2D eigenvalue weighted by Gasteiger charge is -2.34. The summed E-state index contributed by atoms with van der Waals surface area (Å²) in [6, 6.07) is 19.2. The van der Waals surface area contributed by atoms with E-state index in [0.29, 0.717) is 30.4 Å². The summed E-state index contributed by atoms with van der Waals surface area (Å²) in [4.78, 5) is 17.1. The van der Waals surface area contributed by atoms with E-state index in [0.717, 1.165) is 42.1 Å². The molecule has 1 fully saturated rings. The van der Waals surface area contributed by atoms with Crippen LogP contribution in [-0.4, -0.2) is 52.1 Å². The summed E-state index contributed by atoms with van der Waals surface area (Å²) in [5, 5.41) is 8.34. The SMILES string of the molecule is Cc1cccc(-c2nnc(-c3ccc(C(=O)N4CCN(Cc5ccco5)CC4)cc3)o2)c1. The van der Waals surface area contributed by atoms with Crippen molar-refractivity contribution in [3.05, 3.63) is 83.8 Å². The fourth-order valence-corrected chi connectivity index (χ4v) is 3.90. The van der Waals surface area contributed by atoms with Gasteiger partial charge in [0.2, 0.25) is 11.8 Å². The number of furan rings is 1. The first kappa shape index (κ1) is 20.2. The molecule has 0 unspecified atom stereocenters. The molecule has 0 spiro atoms. The third-order valence-corrected chi connectivity index (χ3v) is 5.69. The zero-order valence-electron chi connectivity index (χ0n) is 17.9. The van der Waals surface area contributed by atoms with Gasteiger partial charge < -0.3 is 13.7 Å². The van der Waals surface area contributed by atoms with Gasteiger partial charge in [0.15, 0.2) is 0 Å². The van der Waals surface area contributed by atoms with Crippen molar-refractivity contribution in [1.29, 1.82) is 0 Å². The molecule has 2 aromatic carbocycles. The summed E-state index contributed by atoms with van der Waals surface area (Å²) in [6.45, 7) is 5.85. The lowest BCUT2D eigenvalue weighted by Crippen LogP contribution is -2.48. The third-order valence-electron chi connectivity index (χ3n) is 5.69. The van der Waals surface area contributed by atoms with Gasteiger partial charge in [-0.05, 0) is 55.5 Å². The molecule has 1 aliphatic rings. The molecule has 1 amide bonds. The summed E-state index contributed by atoms with van der Waals surface area (Å²) in [5.74, 6) is 1.91. The molecule has 0 N–H and O–H groups in total. The molecule has 3 heterocycles. The van der Waals surface area contributed by atoms with E-state index in [9.17, 15) is 4.79 Å². The number of piperazine rings is 1. The Bertz CT molecular complexity index is 1190. The number of amides is 1. The molecule has 5 rings (SSSR count). The third kappa shape index (κ3) is 4.33. The van der Waals surface area contributed by atoms with Gasteiger partial charge in [-0.15, -0.1) is 10.2 Å². The van der Waals surface area contributed by atoms with Gasteiger partial charge in [0.25, 0.3) is 5.91 Å². The zero-order valence-corrected chi connectivity index (χ0v) is 17.9. The second-order valence-electron chi connectivity index (χ2n) is 8.01. The Morgan fingerprint density at radius 2 is 1.66 bits per heavy atom. The number of rotatable bonds is 5. The second kappa shape index (κ2) is 8.80. The summed E-state index contributed by atoms with van der Waals surface area (Å²) in [7, 11) is 0. The highest BCUT2D eigenvalue weighted by Gasteiger charge is 2.23. The molecule has 7 heteroatoms. The average Bonchev–Trinajstić information content (AvgIpc) is 3.52. The van der Waals surface area contributed by atoms with E-state index in [1.807, 2.05) is 72.5 Å². The van der Waals surface area contributed by atoms with Crippen LogP contribution in [0.2, 0.25) is 0 Å². The van der Waals surface area contributed by atoms with Crippen LogP contribution in [0, 0.1) is 6.92 Å². The minimum atomic E-state index is 0.0418. The van der Waals surface area contributed by atoms with Crippen molar-refractivity contribution in [3.63, 3.8) is 0 Å². The van der Waals surface area contributed by atoms with Crippen molar-refractivity contribution >= 4 is 5.91 Å². The summed E-state index contributed by atoms with van der Waals surface area (Å²) in [6.07, 6.45) is 1.69. The molecule has 1 saturated heterocycles. The van der Waals surface area contributed by atoms with Gasteiger partial charge in [0.1, 0.15) is 5.76 Å². The van der Waals surface area contributed by atoms with E-state index in [1.165, 1.54) is 0 Å². The maximum atomic E-state index is 12.9. The molecular formula is C25H24N4O3. The Kier molecular flexibility index (Phi) is 5.56. The van der Waals surface area contributed by atoms with Gasteiger partial charge in [0.05, 0.1) is 12.8 Å². The molecule has 0 atom stereocenters. The Morgan fingerprint density at radius 3 is 2.34 bits per heavy atom. The van der Waals surface area contributed by atoms with Crippen molar-refractivity contribution in [1.82, 2.24) is 20.0 Å². The first-order chi connectivity index (χ1) is 15.7. The first-order valence-electron chi connectivity index (χ1n) is 10.7. The summed E-state index contributed by atoms with van der Waals surface area (Å²) < 4.78 is 11.3. The second-order valence-corrected chi connectivity index (χ2v) is 8.01. The van der Waals surface area contributed by atoms with Crippen LogP contribution in [0.25, 0.3) is 22.9 Å². The fourth-order valence-electron chi connectivity index (χ4n) is 3.90. The average molecular weight is 428 g/mol. The van der Waals surface area contributed by atoms with Gasteiger partial charge in [-0.25, -0.2) is 0 Å². The predicted molar refractivity (Wildman–Crippen MR) is 120 cm³/mol. The van der Waals surface area contributed by atoms with Crippen LogP contribution in [0.1, 0.15) is 21.7 Å². The highest BCUT2D eigenvalue weighted by atomic mass is 16.4. The van der Waals surface area contributed by atoms with E-state index < -0.39 is 0 Å². The van der Waals surface area contributed by atoms with Crippen LogP contribution < -0.4 is 0 Å². The lowest BCUT2D eigenvalue weighted by molar-refractivity contribution is 0.0620. The van der Waals surface area contributed by atoms with Gasteiger partial charge in [0, 0.05) is 42.9 Å². The van der Waals surface area contributed by atoms with E-state index >= 15 is 0 Å². The van der Waals surface area contributed by atoms with Crippen LogP contribution in [0.4, 0.5) is 0 Å². The van der Waals surface area contributed by atoms with E-state index in [1.54, 1.807) is 6.26 Å². The molecule has 0 saturated carbocycles. The molecule has 2 aromatic heterocycles. The number of aromatic nitrogens is 2. The maximum Gasteiger partial charge on any atom is 0.253 e. The molecule has 1 aliphatic heterocycles. The van der Waals surface area contributed by atoms with Gasteiger partial charge in [-0.3, -0.25) is 9.69 Å². The van der Waals surface area contributed by atoms with Gasteiger partial charge in [-0.1, -0.05) is 17.7 Å². The van der Waals surface area contributed by atoms with Crippen molar-refractivity contribution in [2.45, 2.75) is 13.5 Å². The van der Waals surface area contributed by atoms with Crippen LogP contribution in [0.15, 0.2) is 75.8 Å². The quantitative estimate of drug-likeness (QED) is 0.473. The molecule has 0 aliphatic carbocycles. The van der Waals surface area contributed by atoms with Crippen LogP contribution in [0.3, 0.4) is 0 Å². The standard InChI is InChI=1S/C25H24N4O3/c1-18-4-2-5-21(16-18)24-27-26-23(32-24)19-7-9-20(10-8-19)25(30)29-13-11-28(12-14-29)17-22-6-3-15-31-22/h2-10,15-16H,11-14,17H2,1H3. The summed E-state index contributed by atoms with van der Waals surface area (Å²) in [5.41, 5.74) is 3.47. The van der Waals surface area contributed by atoms with Gasteiger partial charge in [-0.2, -0.15) is 0 Å². The lowest BCUT2D eigenvalue weighted by atomic mass is 10.1. The van der Waals surface area contributed by atoms with E-state index in [-0.39, 0.29) is 5.91 Å². The normalized spacial score (nSPS) is 14.6. The maximum absolute atomic E-state index is 12.9. The Labute approximate surface area is 186 Å². The van der Waals surface area contributed by atoms with Crippen LogP contribution >= 0.6 is 0 Å². The highest BCUT2D eigenvalue weighted by Crippen LogP contribution is 2.25. The predicted octanol–water partition coefficient (Wildman–Crippen LogP) is 4.26. The molecule has 0 bridgehead atoms. The molecule has 0 radical (unpaired) electrons. The Morgan fingerprint density at radius 1 is 0.906 bits per heavy atom. The minimum absolute atomic E-state index is 0.0418. The van der Waals surface area contributed by atoms with Crippen molar-refractivity contribution in [2.75, 3.05) is 26.2 Å². The Balaban J connectivity index is 1.22. The minimum Gasteiger partial charge on any atom is -0.468 e. The van der Waals surface area contributed by atoms with E-state index in [4.69, 9.17) is 8.83 Å². The molecular weight excluding hydrogens is 404 g/mol. The van der Waals surface area contributed by atoms with Crippen LogP contribution in [0.5, 0.6) is 0 Å². The molecule has 4 aromatic rings. The highest BCUT2D eigenvalue weighted by molar-refractivity contribution is 5.94. The number of aryl methyl sites for hydroxylation is 1. The van der Waals surface area contributed by atoms with Crippen molar-refractivity contribution < 1.29 is 13.6 Å². The Hall–Kier alpha value is -3.71. The molecule has 32 heavy (non-hydrogen) atoms. The number of hydrogen-bond donors (Lipinski definition) is 0. The van der Waals surface area contributed by atoms with Crippen molar-refractivity contribution in [3.8, 4) is 22.9 Å². The van der Waals surface area contributed by atoms with Crippen molar-refractivity contribution in [2.24, 2.45) is 0 Å². The molecule has 7 nitrogen and oxygen atoms in total. The summed E-state index contributed by atoms with van der Waals surface area (Å²) >= 11 is 0. The zero-order chi connectivity index (χ0) is 21.9. The topological polar surface area (TPSA) is 75.6 Å². The number of hydrogen-bond acceptors (Lipinski definition) is 6. The number of carbonyl (C=O) groups is 1. The largest absolute Gasteiger partial charge is 0.468 e. The molecule has 162 valence electrons. The number of carbonyl (C=O) groups excluding carboxylic acids is 1. The van der Waals surface area contributed by atoms with Gasteiger partial charge >= 0.3 is 0 Å². The number of benzene rings is 2. The van der Waals surface area contributed by atoms with Crippen LogP contribution in [-0.2, 0) is 6.54 Å². The smallest absolute Gasteiger partial charge is 0.253 e. The fraction of sp³-hybridized carbons (Fsp3) is 0.240. The first-order valence-corrected chi connectivity index (χ1v) is 10.7. The monoisotopic (exact) mass is 428 g/mol. The number of nitrogens with zero attached hydrogens (tertiary/aromatic N) is 4. The van der Waals surface area contributed by atoms with E-state index in [2.05, 4.69) is 15.1 Å².